The van der Waals surface area contributed by atoms with Gasteiger partial charge in [0.1, 0.15) is 0 Å². The smallest absolute Gasteiger partial charge is 0.178 e. The highest BCUT2D eigenvalue weighted by molar-refractivity contribution is 7.91. The third-order valence-electron chi connectivity index (χ3n) is 2.49. The third kappa shape index (κ3) is 3.04. The Morgan fingerprint density at radius 1 is 1.31 bits per heavy atom. The first-order valence-electron chi connectivity index (χ1n) is 5.20. The summed E-state index contributed by atoms with van der Waals surface area (Å²) >= 11 is 0. The van der Waals surface area contributed by atoms with Gasteiger partial charge in [-0.15, -0.1) is 0 Å². The van der Waals surface area contributed by atoms with E-state index in [2.05, 4.69) is 0 Å². The van der Waals surface area contributed by atoms with E-state index in [0.29, 0.717) is 11.3 Å². The summed E-state index contributed by atoms with van der Waals surface area (Å²) in [5, 5.41) is 8.74. The first-order chi connectivity index (χ1) is 7.51. The zero-order valence-electron chi connectivity index (χ0n) is 9.26. The molecule has 5 heteroatoms. The second-order valence-corrected chi connectivity index (χ2v) is 5.87. The van der Waals surface area contributed by atoms with E-state index in [9.17, 15) is 8.42 Å². The minimum absolute atomic E-state index is 0.0240. The molecule has 0 amide bonds. The summed E-state index contributed by atoms with van der Waals surface area (Å²) in [7, 11) is -3.14. The molecule has 4 nitrogen and oxygen atoms in total. The van der Waals surface area contributed by atoms with Crippen LogP contribution in [0.2, 0.25) is 0 Å². The Labute approximate surface area is 96.0 Å². The third-order valence-corrected chi connectivity index (χ3v) is 4.24. The van der Waals surface area contributed by atoms with Crippen molar-refractivity contribution in [1.82, 2.24) is 0 Å². The van der Waals surface area contributed by atoms with Gasteiger partial charge in [-0.3, -0.25) is 0 Å². The lowest BCUT2D eigenvalue weighted by Crippen LogP contribution is -2.12. The number of sulfone groups is 1. The number of aliphatic hydroxyl groups is 1. The average Bonchev–Trinajstić information content (AvgIpc) is 2.29. The molecule has 0 fully saturated rings. The Bertz CT molecular complexity index is 425. The Kier molecular flexibility index (Phi) is 4.46. The number of nitrogens with two attached hydrogens (primary N) is 1. The topological polar surface area (TPSA) is 80.4 Å². The van der Waals surface area contributed by atoms with Crippen LogP contribution in [0.1, 0.15) is 24.9 Å². The lowest BCUT2D eigenvalue weighted by molar-refractivity contribution is 0.276. The highest BCUT2D eigenvalue weighted by Gasteiger charge is 2.12. The number of hydrogen-bond acceptors (Lipinski definition) is 4. The molecular weight excluding hydrogens is 226 g/mol. The normalized spacial score (nSPS) is 13.7. The molecule has 16 heavy (non-hydrogen) atoms. The largest absolute Gasteiger partial charge is 0.396 e. The molecule has 1 atom stereocenters. The van der Waals surface area contributed by atoms with Crippen molar-refractivity contribution in [2.24, 2.45) is 5.73 Å². The Hall–Kier alpha value is -0.910. The van der Waals surface area contributed by atoms with Gasteiger partial charge in [0.15, 0.2) is 9.84 Å². The minimum atomic E-state index is -3.14. The molecule has 0 heterocycles. The first kappa shape index (κ1) is 13.2. The lowest BCUT2D eigenvalue weighted by Gasteiger charge is -2.10. The van der Waals surface area contributed by atoms with Gasteiger partial charge in [-0.25, -0.2) is 8.42 Å². The molecule has 0 spiro atoms. The van der Waals surface area contributed by atoms with Gasteiger partial charge in [0, 0.05) is 12.6 Å². The monoisotopic (exact) mass is 243 g/mol. The van der Waals surface area contributed by atoms with E-state index in [0.717, 1.165) is 5.56 Å². The van der Waals surface area contributed by atoms with Crippen molar-refractivity contribution in [2.75, 3.05) is 12.4 Å². The van der Waals surface area contributed by atoms with Crippen LogP contribution in [0.3, 0.4) is 0 Å². The van der Waals surface area contributed by atoms with Crippen molar-refractivity contribution in [2.45, 2.75) is 24.3 Å². The van der Waals surface area contributed by atoms with Gasteiger partial charge < -0.3 is 10.8 Å². The molecule has 0 aromatic heterocycles. The molecule has 0 saturated heterocycles. The van der Waals surface area contributed by atoms with Crippen molar-refractivity contribution in [3.05, 3.63) is 29.8 Å². The number of benzene rings is 1. The molecule has 1 aromatic rings. The van der Waals surface area contributed by atoms with E-state index in [-0.39, 0.29) is 18.4 Å². The Morgan fingerprint density at radius 2 is 1.88 bits per heavy atom. The average molecular weight is 243 g/mol. The summed E-state index contributed by atoms with van der Waals surface area (Å²) in [5.41, 5.74) is 6.62. The predicted molar refractivity (Wildman–Crippen MR) is 62.8 cm³/mol. The van der Waals surface area contributed by atoms with Gasteiger partial charge in [0.05, 0.1) is 10.6 Å². The van der Waals surface area contributed by atoms with Crippen LogP contribution in [0.4, 0.5) is 0 Å². The second-order valence-electron chi connectivity index (χ2n) is 3.59. The highest BCUT2D eigenvalue weighted by Crippen LogP contribution is 2.17. The molecule has 0 unspecified atom stereocenters. The Balaban J connectivity index is 2.91. The van der Waals surface area contributed by atoms with Crippen LogP contribution in [0.25, 0.3) is 0 Å². The zero-order chi connectivity index (χ0) is 12.2. The van der Waals surface area contributed by atoms with Crippen molar-refractivity contribution in [3.8, 4) is 0 Å². The van der Waals surface area contributed by atoms with Gasteiger partial charge >= 0.3 is 0 Å². The van der Waals surface area contributed by atoms with E-state index < -0.39 is 9.84 Å². The van der Waals surface area contributed by atoms with Gasteiger partial charge in [-0.05, 0) is 24.1 Å². The second kappa shape index (κ2) is 5.43. The fourth-order valence-electron chi connectivity index (χ4n) is 1.39. The SMILES string of the molecule is CCS(=O)(=O)c1ccc([C@@H](N)CCO)cc1. The number of aliphatic hydroxyl groups excluding tert-OH is 1. The summed E-state index contributed by atoms with van der Waals surface area (Å²) in [6.45, 7) is 1.64. The summed E-state index contributed by atoms with van der Waals surface area (Å²) in [4.78, 5) is 0.315. The first-order valence-corrected chi connectivity index (χ1v) is 6.85. The molecule has 1 rings (SSSR count). The maximum Gasteiger partial charge on any atom is 0.178 e. The van der Waals surface area contributed by atoms with Crippen LogP contribution in [0.5, 0.6) is 0 Å². The maximum absolute atomic E-state index is 11.5. The number of rotatable bonds is 5. The quantitative estimate of drug-likeness (QED) is 0.804. The van der Waals surface area contributed by atoms with E-state index in [1.165, 1.54) is 0 Å². The molecule has 0 bridgehead atoms. The molecule has 0 saturated carbocycles. The van der Waals surface area contributed by atoms with Crippen molar-refractivity contribution < 1.29 is 13.5 Å². The van der Waals surface area contributed by atoms with Crippen LogP contribution in [-0.4, -0.2) is 25.9 Å². The van der Waals surface area contributed by atoms with E-state index in [1.54, 1.807) is 31.2 Å². The van der Waals surface area contributed by atoms with Crippen molar-refractivity contribution in [1.29, 1.82) is 0 Å². The van der Waals surface area contributed by atoms with Crippen LogP contribution < -0.4 is 5.73 Å². The molecule has 0 aliphatic heterocycles. The number of hydrogen-bond donors (Lipinski definition) is 2. The van der Waals surface area contributed by atoms with Crippen molar-refractivity contribution in [3.63, 3.8) is 0 Å². The summed E-state index contributed by atoms with van der Waals surface area (Å²) in [5.74, 6) is 0.0923. The molecule has 0 aliphatic rings. The fourth-order valence-corrected chi connectivity index (χ4v) is 2.28. The minimum Gasteiger partial charge on any atom is -0.396 e. The van der Waals surface area contributed by atoms with Crippen LogP contribution in [0.15, 0.2) is 29.2 Å². The maximum atomic E-state index is 11.5. The molecular formula is C11H17NO3S. The Morgan fingerprint density at radius 3 is 2.31 bits per heavy atom. The van der Waals surface area contributed by atoms with Gasteiger partial charge in [-0.2, -0.15) is 0 Å². The molecule has 90 valence electrons. The zero-order valence-corrected chi connectivity index (χ0v) is 10.1. The summed E-state index contributed by atoms with van der Waals surface area (Å²) in [6.07, 6.45) is 0.472. The van der Waals surface area contributed by atoms with Crippen LogP contribution >= 0.6 is 0 Å². The highest BCUT2D eigenvalue weighted by atomic mass is 32.2. The van der Waals surface area contributed by atoms with Gasteiger partial charge in [-0.1, -0.05) is 19.1 Å². The molecule has 1 aromatic carbocycles. The summed E-state index contributed by atoms with van der Waals surface area (Å²) < 4.78 is 23.1. The van der Waals surface area contributed by atoms with Gasteiger partial charge in [0.2, 0.25) is 0 Å². The van der Waals surface area contributed by atoms with Gasteiger partial charge in [0.25, 0.3) is 0 Å². The standard InChI is InChI=1S/C11H17NO3S/c1-2-16(14,15)10-5-3-9(4-6-10)11(12)7-8-13/h3-6,11,13H,2,7-8,12H2,1H3/t11-/m0/s1. The molecule has 3 N–H and O–H groups in total. The van der Waals surface area contributed by atoms with E-state index in [1.807, 2.05) is 0 Å². The van der Waals surface area contributed by atoms with Crippen molar-refractivity contribution >= 4 is 9.84 Å². The molecule has 0 aliphatic carbocycles. The predicted octanol–water partition coefficient (Wildman–Crippen LogP) is 0.862. The lowest BCUT2D eigenvalue weighted by atomic mass is 10.1. The summed E-state index contributed by atoms with van der Waals surface area (Å²) in [6, 6.07) is 6.27. The fraction of sp³-hybridized carbons (Fsp3) is 0.455. The van der Waals surface area contributed by atoms with Crippen LogP contribution in [-0.2, 0) is 9.84 Å². The molecule has 0 radical (unpaired) electrons. The van der Waals surface area contributed by atoms with E-state index >= 15 is 0 Å². The van der Waals surface area contributed by atoms with E-state index in [4.69, 9.17) is 10.8 Å². The van der Waals surface area contributed by atoms with Crippen LogP contribution in [0, 0.1) is 0 Å².